The molecule has 0 unspecified atom stereocenters. The quantitative estimate of drug-likeness (QED) is 0.289. The zero-order chi connectivity index (χ0) is 21.1. The Morgan fingerprint density at radius 1 is 1.19 bits per heavy atom. The van der Waals surface area contributed by atoms with E-state index in [-0.39, 0.29) is 36.5 Å². The van der Waals surface area contributed by atoms with Crippen molar-refractivity contribution in [3.63, 3.8) is 0 Å². The lowest BCUT2D eigenvalue weighted by Gasteiger charge is -2.32. The topological polar surface area (TPSA) is 122 Å². The second kappa shape index (κ2) is 11.2. The summed E-state index contributed by atoms with van der Waals surface area (Å²) in [4.78, 5) is 18.6. The largest absolute Gasteiger partial charge is 0.493 e. The lowest BCUT2D eigenvalue weighted by Crippen LogP contribution is -2.40. The summed E-state index contributed by atoms with van der Waals surface area (Å²) in [6.07, 6.45) is 4.18. The highest BCUT2D eigenvalue weighted by atomic mass is 35.5. The maximum absolute atomic E-state index is 10.8. The van der Waals surface area contributed by atoms with E-state index >= 15 is 0 Å². The van der Waals surface area contributed by atoms with Gasteiger partial charge < -0.3 is 20.3 Å². The zero-order valence-electron chi connectivity index (χ0n) is 17.6. The van der Waals surface area contributed by atoms with Crippen LogP contribution < -0.4 is 15.4 Å². The first-order valence-electron chi connectivity index (χ1n) is 10.2. The number of ether oxygens (including phenoxy) is 1. The van der Waals surface area contributed by atoms with Crippen molar-refractivity contribution in [2.24, 2.45) is 11.7 Å². The lowest BCUT2D eigenvalue weighted by molar-refractivity contribution is -0.385. The molecular weight excluding hydrogens is 455 g/mol. The van der Waals surface area contributed by atoms with Gasteiger partial charge in [-0.2, -0.15) is 0 Å². The standard InChI is InChI=1S/C21H26N6O3.2ClH/c22-21(23)26-10-7-16-1-3-19(11-17(16)13-26)30-14-15-5-8-25(9-6-15)20-4-2-18(12-24-20)27(28)29;;/h1-4,11-12,15H,5-10,13-14H2,(H3,22,23);2*1H. The molecule has 0 amide bonds. The van der Waals surface area contributed by atoms with Gasteiger partial charge in [0.05, 0.1) is 11.5 Å². The Hall–Kier alpha value is -2.78. The van der Waals surface area contributed by atoms with E-state index in [2.05, 4.69) is 22.0 Å². The average molecular weight is 483 g/mol. The van der Waals surface area contributed by atoms with Crippen LogP contribution in [0.3, 0.4) is 0 Å². The van der Waals surface area contributed by atoms with Gasteiger partial charge in [0, 0.05) is 32.2 Å². The Balaban J connectivity index is 0.00000181. The predicted molar refractivity (Wildman–Crippen MR) is 128 cm³/mol. The van der Waals surface area contributed by atoms with E-state index in [1.807, 2.05) is 11.0 Å². The molecule has 0 bridgehead atoms. The van der Waals surface area contributed by atoms with Gasteiger partial charge in [-0.3, -0.25) is 15.5 Å². The van der Waals surface area contributed by atoms with Gasteiger partial charge in [-0.25, -0.2) is 4.98 Å². The van der Waals surface area contributed by atoms with E-state index in [4.69, 9.17) is 15.9 Å². The number of anilines is 1. The monoisotopic (exact) mass is 482 g/mol. The molecule has 4 rings (SSSR count). The number of halogens is 2. The van der Waals surface area contributed by atoms with E-state index in [0.717, 1.165) is 50.5 Å². The summed E-state index contributed by atoms with van der Waals surface area (Å²) in [5.74, 6) is 2.22. The molecule has 0 saturated carbocycles. The molecule has 0 radical (unpaired) electrons. The molecule has 3 heterocycles. The highest BCUT2D eigenvalue weighted by Gasteiger charge is 2.22. The zero-order valence-corrected chi connectivity index (χ0v) is 19.2. The molecule has 1 fully saturated rings. The number of pyridine rings is 1. The highest BCUT2D eigenvalue weighted by molar-refractivity contribution is 5.85. The van der Waals surface area contributed by atoms with Crippen molar-refractivity contribution in [1.29, 1.82) is 5.41 Å². The van der Waals surface area contributed by atoms with Crippen LogP contribution in [0.15, 0.2) is 36.5 Å². The van der Waals surface area contributed by atoms with Crippen LogP contribution in [0, 0.1) is 21.4 Å². The van der Waals surface area contributed by atoms with Crippen molar-refractivity contribution in [2.45, 2.75) is 25.8 Å². The van der Waals surface area contributed by atoms with Crippen molar-refractivity contribution in [3.05, 3.63) is 57.8 Å². The van der Waals surface area contributed by atoms with E-state index in [0.29, 0.717) is 19.1 Å². The summed E-state index contributed by atoms with van der Waals surface area (Å²) < 4.78 is 6.08. The smallest absolute Gasteiger partial charge is 0.287 e. The first-order chi connectivity index (χ1) is 14.5. The van der Waals surface area contributed by atoms with E-state index < -0.39 is 4.92 Å². The van der Waals surface area contributed by atoms with Crippen molar-refractivity contribution in [2.75, 3.05) is 31.1 Å². The summed E-state index contributed by atoms with van der Waals surface area (Å²) in [7, 11) is 0. The third kappa shape index (κ3) is 5.92. The maximum Gasteiger partial charge on any atom is 0.287 e. The Bertz CT molecular complexity index is 936. The van der Waals surface area contributed by atoms with Gasteiger partial charge in [-0.1, -0.05) is 6.07 Å². The van der Waals surface area contributed by atoms with Crippen LogP contribution in [0.25, 0.3) is 0 Å². The molecule has 0 atom stereocenters. The van der Waals surface area contributed by atoms with Crippen molar-refractivity contribution >= 4 is 42.3 Å². The summed E-state index contributed by atoms with van der Waals surface area (Å²) in [5.41, 5.74) is 8.11. The number of benzene rings is 1. The van der Waals surface area contributed by atoms with E-state index in [1.165, 1.54) is 23.4 Å². The summed E-state index contributed by atoms with van der Waals surface area (Å²) >= 11 is 0. The van der Waals surface area contributed by atoms with Gasteiger partial charge in [-0.15, -0.1) is 24.8 Å². The summed E-state index contributed by atoms with van der Waals surface area (Å²) in [6.45, 7) is 3.82. The number of nitrogens with zero attached hydrogens (tertiary/aromatic N) is 4. The van der Waals surface area contributed by atoms with Crippen LogP contribution in [0.2, 0.25) is 0 Å². The van der Waals surface area contributed by atoms with Crippen LogP contribution in [0.1, 0.15) is 24.0 Å². The van der Waals surface area contributed by atoms with Gasteiger partial charge in [0.25, 0.3) is 5.69 Å². The number of guanidine groups is 1. The van der Waals surface area contributed by atoms with Gasteiger partial charge in [0.15, 0.2) is 5.96 Å². The third-order valence-corrected chi connectivity index (χ3v) is 5.90. The number of piperidine rings is 1. The normalized spacial score (nSPS) is 15.8. The second-order valence-electron chi connectivity index (χ2n) is 7.86. The number of hydrogen-bond donors (Lipinski definition) is 2. The van der Waals surface area contributed by atoms with Crippen LogP contribution in [-0.2, 0) is 13.0 Å². The minimum atomic E-state index is -0.432. The SMILES string of the molecule is Cl.Cl.N=C(N)N1CCc2ccc(OCC3CCN(c4ccc([N+](=O)[O-])cn4)CC3)cc2C1. The van der Waals surface area contributed by atoms with Gasteiger partial charge in [0.1, 0.15) is 17.8 Å². The first kappa shape index (κ1) is 25.5. The molecule has 2 aromatic rings. The molecule has 1 aromatic carbocycles. The molecule has 9 nitrogen and oxygen atoms in total. The van der Waals surface area contributed by atoms with Crippen LogP contribution in [0.4, 0.5) is 11.5 Å². The molecule has 2 aliphatic heterocycles. The van der Waals surface area contributed by atoms with Crippen molar-refractivity contribution < 1.29 is 9.66 Å². The molecule has 1 saturated heterocycles. The van der Waals surface area contributed by atoms with Crippen LogP contribution in [-0.4, -0.2) is 47.0 Å². The fourth-order valence-corrected chi connectivity index (χ4v) is 4.04. The Morgan fingerprint density at radius 3 is 2.56 bits per heavy atom. The van der Waals surface area contributed by atoms with Gasteiger partial charge in [-0.05, 0) is 54.5 Å². The number of aromatic nitrogens is 1. The fourth-order valence-electron chi connectivity index (χ4n) is 4.04. The number of nitro groups is 1. The number of rotatable bonds is 5. The Kier molecular flexibility index (Phi) is 8.91. The molecule has 11 heteroatoms. The first-order valence-corrected chi connectivity index (χ1v) is 10.2. The molecule has 2 aliphatic rings. The molecule has 1 aromatic heterocycles. The number of nitrogens with one attached hydrogen (secondary N) is 1. The fraction of sp³-hybridized carbons (Fsp3) is 0.429. The highest BCUT2D eigenvalue weighted by Crippen LogP contribution is 2.26. The number of nitrogens with two attached hydrogens (primary N) is 1. The predicted octanol–water partition coefficient (Wildman–Crippen LogP) is 3.38. The lowest BCUT2D eigenvalue weighted by atomic mass is 9.97. The minimum Gasteiger partial charge on any atom is -0.493 e. The van der Waals surface area contributed by atoms with E-state index in [1.54, 1.807) is 6.07 Å². The Morgan fingerprint density at radius 2 is 1.94 bits per heavy atom. The number of fused-ring (bicyclic) bond motifs is 1. The van der Waals surface area contributed by atoms with E-state index in [9.17, 15) is 10.1 Å². The van der Waals surface area contributed by atoms with Gasteiger partial charge >= 0.3 is 0 Å². The van der Waals surface area contributed by atoms with Crippen molar-refractivity contribution in [1.82, 2.24) is 9.88 Å². The summed E-state index contributed by atoms with van der Waals surface area (Å²) in [6, 6.07) is 9.43. The number of hydrogen-bond acceptors (Lipinski definition) is 6. The van der Waals surface area contributed by atoms with Crippen LogP contribution in [0.5, 0.6) is 5.75 Å². The van der Waals surface area contributed by atoms with Crippen LogP contribution >= 0.6 is 24.8 Å². The molecule has 3 N–H and O–H groups in total. The molecule has 0 aliphatic carbocycles. The third-order valence-electron chi connectivity index (χ3n) is 5.90. The molecule has 0 spiro atoms. The van der Waals surface area contributed by atoms with Gasteiger partial charge in [0.2, 0.25) is 0 Å². The summed E-state index contributed by atoms with van der Waals surface area (Å²) in [5, 5.41) is 18.4. The maximum atomic E-state index is 10.8. The Labute approximate surface area is 199 Å². The molecule has 32 heavy (non-hydrogen) atoms. The van der Waals surface area contributed by atoms with Crippen molar-refractivity contribution in [3.8, 4) is 5.75 Å². The average Bonchev–Trinajstić information content (AvgIpc) is 2.77. The second-order valence-corrected chi connectivity index (χ2v) is 7.86. The molecular formula is C21H28Cl2N6O3. The minimum absolute atomic E-state index is 0. The molecule has 174 valence electrons.